The second kappa shape index (κ2) is 9.02. The maximum Gasteiger partial charge on any atom is 0.261 e. The molecule has 6 heteroatoms. The Kier molecular flexibility index (Phi) is 7.02. The van der Waals surface area contributed by atoms with Crippen LogP contribution in [0.5, 0.6) is 5.75 Å². The summed E-state index contributed by atoms with van der Waals surface area (Å²) in [4.78, 5) is 21.8. The number of aromatic amines is 1. The van der Waals surface area contributed by atoms with Crippen molar-refractivity contribution in [2.75, 3.05) is 19.6 Å². The van der Waals surface area contributed by atoms with Crippen LogP contribution in [-0.4, -0.2) is 46.9 Å². The summed E-state index contributed by atoms with van der Waals surface area (Å²) in [6.45, 7) is 9.50. The molecule has 0 aliphatic carbocycles. The number of H-pyrrole nitrogens is 1. The summed E-state index contributed by atoms with van der Waals surface area (Å²) in [5.74, 6) is -0.0606. The molecule has 0 amide bonds. The van der Waals surface area contributed by atoms with E-state index < -0.39 is 0 Å². The number of aliphatic imine (C=N–C) groups is 1. The van der Waals surface area contributed by atoms with E-state index in [9.17, 15) is 9.90 Å². The fraction of sp³-hybridized carbons (Fsp3) is 0.474. The van der Waals surface area contributed by atoms with Gasteiger partial charge in [-0.2, -0.15) is 0 Å². The van der Waals surface area contributed by atoms with Gasteiger partial charge >= 0.3 is 0 Å². The summed E-state index contributed by atoms with van der Waals surface area (Å²) in [6, 6.07) is 5.08. The van der Waals surface area contributed by atoms with Crippen LogP contribution >= 0.6 is 11.6 Å². The third kappa shape index (κ3) is 5.06. The number of aromatic nitrogens is 1. The lowest BCUT2D eigenvalue weighted by molar-refractivity contribution is 0.294. The molecule has 0 saturated carbocycles. The van der Waals surface area contributed by atoms with Crippen LogP contribution in [-0.2, 0) is 0 Å². The summed E-state index contributed by atoms with van der Waals surface area (Å²) >= 11 is 5.92. The third-order valence-corrected chi connectivity index (χ3v) is 4.67. The van der Waals surface area contributed by atoms with Crippen LogP contribution in [0.25, 0.3) is 10.9 Å². The van der Waals surface area contributed by atoms with E-state index in [2.05, 4.69) is 28.7 Å². The standard InChI is InChI=1S/C19H26ClN3O2/c1-4-23(5-2)10-6-7-13(3)21-12-16-18(24)15-9-8-14(20)11-17(15)22-19(16)25/h8-9,11-13H,4-7,10H2,1-3H3,(H2,22,24,25). The number of nitrogens with one attached hydrogen (secondary N) is 1. The van der Waals surface area contributed by atoms with Crippen molar-refractivity contribution >= 4 is 28.7 Å². The second-order valence-electron chi connectivity index (χ2n) is 6.20. The molecule has 2 rings (SSSR count). The number of rotatable bonds is 8. The van der Waals surface area contributed by atoms with Crippen LogP contribution in [0.15, 0.2) is 28.0 Å². The van der Waals surface area contributed by atoms with Crippen molar-refractivity contribution in [1.29, 1.82) is 0 Å². The molecular formula is C19H26ClN3O2. The third-order valence-electron chi connectivity index (χ3n) is 4.43. The van der Waals surface area contributed by atoms with Gasteiger partial charge in [-0.1, -0.05) is 25.4 Å². The number of fused-ring (bicyclic) bond motifs is 1. The zero-order valence-electron chi connectivity index (χ0n) is 15.1. The van der Waals surface area contributed by atoms with E-state index in [0.717, 1.165) is 32.5 Å². The largest absolute Gasteiger partial charge is 0.506 e. The van der Waals surface area contributed by atoms with Gasteiger partial charge in [0.2, 0.25) is 0 Å². The maximum atomic E-state index is 12.2. The number of hydrogen-bond acceptors (Lipinski definition) is 4. The van der Waals surface area contributed by atoms with Gasteiger partial charge < -0.3 is 15.0 Å². The van der Waals surface area contributed by atoms with Gasteiger partial charge in [0, 0.05) is 22.7 Å². The maximum absolute atomic E-state index is 12.2. The number of aromatic hydroxyl groups is 1. The lowest BCUT2D eigenvalue weighted by Crippen LogP contribution is -2.24. The molecule has 0 bridgehead atoms. The zero-order valence-corrected chi connectivity index (χ0v) is 15.8. The van der Waals surface area contributed by atoms with Crippen molar-refractivity contribution in [2.24, 2.45) is 4.99 Å². The molecular weight excluding hydrogens is 338 g/mol. The Labute approximate surface area is 153 Å². The molecule has 0 fully saturated rings. The zero-order chi connectivity index (χ0) is 18.4. The van der Waals surface area contributed by atoms with Crippen molar-refractivity contribution in [3.05, 3.63) is 39.1 Å². The first-order valence-corrected chi connectivity index (χ1v) is 9.14. The van der Waals surface area contributed by atoms with Crippen LogP contribution in [0.3, 0.4) is 0 Å². The lowest BCUT2D eigenvalue weighted by Gasteiger charge is -2.18. The molecule has 0 aliphatic heterocycles. The Bertz CT molecular complexity index is 797. The topological polar surface area (TPSA) is 68.7 Å². The van der Waals surface area contributed by atoms with E-state index in [1.807, 2.05) is 6.92 Å². The Hall–Kier alpha value is -1.85. The minimum absolute atomic E-state index is 0.0606. The first-order valence-electron chi connectivity index (χ1n) is 8.76. The quantitative estimate of drug-likeness (QED) is 0.700. The minimum Gasteiger partial charge on any atom is -0.506 e. The molecule has 0 radical (unpaired) electrons. The van der Waals surface area contributed by atoms with Crippen LogP contribution in [0.2, 0.25) is 5.02 Å². The highest BCUT2D eigenvalue weighted by molar-refractivity contribution is 6.31. The van der Waals surface area contributed by atoms with E-state index in [4.69, 9.17) is 11.6 Å². The summed E-state index contributed by atoms with van der Waals surface area (Å²) < 4.78 is 0. The van der Waals surface area contributed by atoms with Gasteiger partial charge in [-0.3, -0.25) is 9.79 Å². The molecule has 1 aromatic heterocycles. The predicted molar refractivity (Wildman–Crippen MR) is 105 cm³/mol. The minimum atomic E-state index is -0.369. The molecule has 2 aromatic rings. The monoisotopic (exact) mass is 363 g/mol. The molecule has 136 valence electrons. The summed E-state index contributed by atoms with van der Waals surface area (Å²) in [7, 11) is 0. The predicted octanol–water partition coefficient (Wildman–Crippen LogP) is 3.82. The highest BCUT2D eigenvalue weighted by Crippen LogP contribution is 2.26. The van der Waals surface area contributed by atoms with E-state index in [1.165, 1.54) is 6.21 Å². The van der Waals surface area contributed by atoms with E-state index in [0.29, 0.717) is 15.9 Å². The summed E-state index contributed by atoms with van der Waals surface area (Å²) in [6.07, 6.45) is 3.47. The average molecular weight is 364 g/mol. The summed E-state index contributed by atoms with van der Waals surface area (Å²) in [5.41, 5.74) is 0.330. The van der Waals surface area contributed by atoms with Gasteiger partial charge in [-0.05, 0) is 57.6 Å². The Morgan fingerprint density at radius 1 is 1.36 bits per heavy atom. The lowest BCUT2D eigenvalue weighted by atomic mass is 10.1. The normalized spacial score (nSPS) is 13.2. The number of pyridine rings is 1. The highest BCUT2D eigenvalue weighted by atomic mass is 35.5. The van der Waals surface area contributed by atoms with E-state index in [-0.39, 0.29) is 22.9 Å². The molecule has 0 spiro atoms. The van der Waals surface area contributed by atoms with Crippen molar-refractivity contribution < 1.29 is 5.11 Å². The molecule has 2 N–H and O–H groups in total. The van der Waals surface area contributed by atoms with Crippen LogP contribution < -0.4 is 5.56 Å². The van der Waals surface area contributed by atoms with E-state index >= 15 is 0 Å². The number of benzene rings is 1. The Morgan fingerprint density at radius 3 is 2.76 bits per heavy atom. The van der Waals surface area contributed by atoms with Gasteiger partial charge in [0.1, 0.15) is 5.75 Å². The summed E-state index contributed by atoms with van der Waals surface area (Å²) in [5, 5.41) is 11.4. The molecule has 1 aromatic carbocycles. The van der Waals surface area contributed by atoms with E-state index in [1.54, 1.807) is 18.2 Å². The first-order chi connectivity index (χ1) is 12.0. The molecule has 1 unspecified atom stereocenters. The molecule has 0 saturated heterocycles. The van der Waals surface area contributed by atoms with Crippen molar-refractivity contribution in [3.63, 3.8) is 0 Å². The number of halogens is 1. The van der Waals surface area contributed by atoms with Crippen molar-refractivity contribution in [1.82, 2.24) is 9.88 Å². The van der Waals surface area contributed by atoms with Gasteiger partial charge in [-0.25, -0.2) is 0 Å². The van der Waals surface area contributed by atoms with Crippen LogP contribution in [0.1, 0.15) is 39.2 Å². The van der Waals surface area contributed by atoms with Gasteiger partial charge in [-0.15, -0.1) is 0 Å². The van der Waals surface area contributed by atoms with Gasteiger partial charge in [0.05, 0.1) is 11.1 Å². The van der Waals surface area contributed by atoms with Crippen LogP contribution in [0, 0.1) is 0 Å². The second-order valence-corrected chi connectivity index (χ2v) is 6.64. The fourth-order valence-electron chi connectivity index (χ4n) is 2.81. The van der Waals surface area contributed by atoms with Gasteiger partial charge in [0.25, 0.3) is 5.56 Å². The van der Waals surface area contributed by atoms with Gasteiger partial charge in [0.15, 0.2) is 0 Å². The highest BCUT2D eigenvalue weighted by Gasteiger charge is 2.11. The Balaban J connectivity index is 2.10. The smallest absolute Gasteiger partial charge is 0.261 e. The molecule has 0 aliphatic rings. The van der Waals surface area contributed by atoms with Crippen molar-refractivity contribution in [3.8, 4) is 5.75 Å². The van der Waals surface area contributed by atoms with Crippen molar-refractivity contribution in [2.45, 2.75) is 39.7 Å². The molecule has 5 nitrogen and oxygen atoms in total. The average Bonchev–Trinajstić information content (AvgIpc) is 2.58. The Morgan fingerprint density at radius 2 is 2.08 bits per heavy atom. The first kappa shape index (κ1) is 19.5. The SMILES string of the molecule is CCN(CC)CCCC(C)N=Cc1c(O)c2ccc(Cl)cc2[nH]c1=O. The molecule has 25 heavy (non-hydrogen) atoms. The number of hydrogen-bond donors (Lipinski definition) is 2. The van der Waals surface area contributed by atoms with Crippen LogP contribution in [0.4, 0.5) is 0 Å². The molecule has 1 heterocycles. The molecule has 1 atom stereocenters. The number of nitrogens with zero attached hydrogens (tertiary/aromatic N) is 2. The fourth-order valence-corrected chi connectivity index (χ4v) is 2.99.